The topological polar surface area (TPSA) is 46.6 Å². The first-order chi connectivity index (χ1) is 9.61. The van der Waals surface area contributed by atoms with E-state index in [1.807, 2.05) is 18.2 Å². The molecule has 1 aromatic rings. The Morgan fingerprint density at radius 1 is 1.50 bits per heavy atom. The lowest BCUT2D eigenvalue weighted by molar-refractivity contribution is -0.0634. The molecule has 0 bridgehead atoms. The summed E-state index contributed by atoms with van der Waals surface area (Å²) < 4.78 is 11.2. The average Bonchev–Trinajstić information content (AvgIpc) is 2.45. The Labute approximate surface area is 121 Å². The summed E-state index contributed by atoms with van der Waals surface area (Å²) in [6.07, 6.45) is 0.107. The molecule has 20 heavy (non-hydrogen) atoms. The standard InChI is InChI=1S/C15H25N3O2/c1-11(2)16-10-13-15(18(3)8-9-20-13)12-6-5-7-14(17-12)19-4/h5-7,11,13,15-16H,8-10H2,1-4H3. The van der Waals surface area contributed by atoms with Gasteiger partial charge >= 0.3 is 0 Å². The molecule has 2 atom stereocenters. The van der Waals surface area contributed by atoms with Crippen molar-refractivity contribution in [1.82, 2.24) is 15.2 Å². The summed E-state index contributed by atoms with van der Waals surface area (Å²) in [5, 5.41) is 3.45. The van der Waals surface area contributed by atoms with Crippen LogP contribution in [0.3, 0.4) is 0 Å². The highest BCUT2D eigenvalue weighted by atomic mass is 16.5. The molecule has 1 aromatic heterocycles. The third-order valence-corrected chi connectivity index (χ3v) is 3.59. The van der Waals surface area contributed by atoms with Gasteiger partial charge in [-0.3, -0.25) is 4.90 Å². The van der Waals surface area contributed by atoms with Crippen LogP contribution in [-0.4, -0.2) is 55.9 Å². The van der Waals surface area contributed by atoms with Gasteiger partial charge in [-0.2, -0.15) is 0 Å². The van der Waals surface area contributed by atoms with Crippen LogP contribution in [0, 0.1) is 0 Å². The Balaban J connectivity index is 2.17. The van der Waals surface area contributed by atoms with Gasteiger partial charge in [-0.25, -0.2) is 4.98 Å². The second-order valence-electron chi connectivity index (χ2n) is 5.50. The van der Waals surface area contributed by atoms with E-state index in [4.69, 9.17) is 9.47 Å². The highest BCUT2D eigenvalue weighted by Crippen LogP contribution is 2.27. The van der Waals surface area contributed by atoms with Crippen molar-refractivity contribution in [2.75, 3.05) is 33.9 Å². The number of ether oxygens (including phenoxy) is 2. The molecule has 5 heteroatoms. The fraction of sp³-hybridized carbons (Fsp3) is 0.667. The number of nitrogens with one attached hydrogen (secondary N) is 1. The third kappa shape index (κ3) is 3.69. The van der Waals surface area contributed by atoms with Gasteiger partial charge in [0.2, 0.25) is 5.88 Å². The van der Waals surface area contributed by atoms with Gasteiger partial charge in [0.25, 0.3) is 0 Å². The number of nitrogens with zero attached hydrogens (tertiary/aromatic N) is 2. The average molecular weight is 279 g/mol. The Kier molecular flexibility index (Phi) is 5.34. The molecule has 1 fully saturated rings. The van der Waals surface area contributed by atoms with Crippen LogP contribution >= 0.6 is 0 Å². The Morgan fingerprint density at radius 2 is 2.30 bits per heavy atom. The van der Waals surface area contributed by atoms with E-state index in [1.165, 1.54) is 0 Å². The summed E-state index contributed by atoms with van der Waals surface area (Å²) in [6.45, 7) is 6.80. The van der Waals surface area contributed by atoms with E-state index in [1.54, 1.807) is 7.11 Å². The van der Waals surface area contributed by atoms with Gasteiger partial charge in [0, 0.05) is 25.2 Å². The van der Waals surface area contributed by atoms with Crippen LogP contribution in [0.2, 0.25) is 0 Å². The van der Waals surface area contributed by atoms with Crippen LogP contribution in [-0.2, 0) is 4.74 Å². The molecule has 0 radical (unpaired) electrons. The quantitative estimate of drug-likeness (QED) is 0.884. The van der Waals surface area contributed by atoms with Crippen molar-refractivity contribution in [2.45, 2.75) is 32.0 Å². The smallest absolute Gasteiger partial charge is 0.213 e. The first-order valence-electron chi connectivity index (χ1n) is 7.18. The lowest BCUT2D eigenvalue weighted by atomic mass is 10.0. The van der Waals surface area contributed by atoms with Gasteiger partial charge in [-0.05, 0) is 13.1 Å². The Bertz CT molecular complexity index is 425. The Morgan fingerprint density at radius 3 is 3.00 bits per heavy atom. The first kappa shape index (κ1) is 15.2. The first-order valence-corrected chi connectivity index (χ1v) is 7.18. The highest BCUT2D eigenvalue weighted by molar-refractivity contribution is 5.19. The molecular formula is C15H25N3O2. The zero-order chi connectivity index (χ0) is 14.5. The van der Waals surface area contributed by atoms with Gasteiger partial charge in [0.15, 0.2) is 0 Å². The minimum absolute atomic E-state index is 0.107. The van der Waals surface area contributed by atoms with Crippen molar-refractivity contribution in [3.63, 3.8) is 0 Å². The van der Waals surface area contributed by atoms with Crippen LogP contribution in [0.4, 0.5) is 0 Å². The third-order valence-electron chi connectivity index (χ3n) is 3.59. The van der Waals surface area contributed by atoms with Gasteiger partial charge < -0.3 is 14.8 Å². The van der Waals surface area contributed by atoms with Gasteiger partial charge in [0.05, 0.1) is 31.6 Å². The van der Waals surface area contributed by atoms with E-state index in [0.29, 0.717) is 11.9 Å². The maximum absolute atomic E-state index is 5.95. The van der Waals surface area contributed by atoms with E-state index in [0.717, 1.165) is 25.4 Å². The molecule has 1 aliphatic rings. The van der Waals surface area contributed by atoms with E-state index < -0.39 is 0 Å². The van der Waals surface area contributed by atoms with Crippen molar-refractivity contribution < 1.29 is 9.47 Å². The van der Waals surface area contributed by atoms with Crippen LogP contribution in [0.1, 0.15) is 25.6 Å². The second-order valence-corrected chi connectivity index (χ2v) is 5.50. The number of likely N-dealkylation sites (N-methyl/N-ethyl adjacent to an activating group) is 1. The van der Waals surface area contributed by atoms with Crippen molar-refractivity contribution in [1.29, 1.82) is 0 Å². The molecule has 1 aliphatic heterocycles. The lowest BCUT2D eigenvalue weighted by Gasteiger charge is -2.39. The number of pyridine rings is 1. The number of hydrogen-bond donors (Lipinski definition) is 1. The van der Waals surface area contributed by atoms with Crippen LogP contribution in [0.5, 0.6) is 5.88 Å². The number of aromatic nitrogens is 1. The molecule has 2 unspecified atom stereocenters. The normalized spacial score (nSPS) is 24.1. The molecule has 112 valence electrons. The van der Waals surface area contributed by atoms with E-state index in [2.05, 4.69) is 36.1 Å². The summed E-state index contributed by atoms with van der Waals surface area (Å²) in [7, 11) is 3.77. The molecular weight excluding hydrogens is 254 g/mol. The van der Waals surface area contributed by atoms with Crippen molar-refractivity contribution >= 4 is 0 Å². The van der Waals surface area contributed by atoms with Crippen molar-refractivity contribution in [2.24, 2.45) is 0 Å². The predicted molar refractivity (Wildman–Crippen MR) is 79.0 cm³/mol. The zero-order valence-electron chi connectivity index (χ0n) is 12.8. The number of morpholine rings is 1. The summed E-state index contributed by atoms with van der Waals surface area (Å²) in [4.78, 5) is 6.87. The van der Waals surface area contributed by atoms with Crippen LogP contribution in [0.25, 0.3) is 0 Å². The van der Waals surface area contributed by atoms with E-state index in [9.17, 15) is 0 Å². The van der Waals surface area contributed by atoms with Crippen molar-refractivity contribution in [3.05, 3.63) is 23.9 Å². The highest BCUT2D eigenvalue weighted by Gasteiger charge is 2.32. The largest absolute Gasteiger partial charge is 0.481 e. The number of hydrogen-bond acceptors (Lipinski definition) is 5. The van der Waals surface area contributed by atoms with E-state index >= 15 is 0 Å². The molecule has 0 amide bonds. The minimum atomic E-state index is 0.107. The van der Waals surface area contributed by atoms with Crippen LogP contribution in [0.15, 0.2) is 18.2 Å². The number of methoxy groups -OCH3 is 1. The second kappa shape index (κ2) is 7.02. The summed E-state index contributed by atoms with van der Waals surface area (Å²) >= 11 is 0. The van der Waals surface area contributed by atoms with Crippen LogP contribution < -0.4 is 10.1 Å². The fourth-order valence-electron chi connectivity index (χ4n) is 2.51. The maximum atomic E-state index is 5.95. The minimum Gasteiger partial charge on any atom is -0.481 e. The molecule has 0 saturated carbocycles. The molecule has 1 N–H and O–H groups in total. The number of rotatable bonds is 5. The van der Waals surface area contributed by atoms with Gasteiger partial charge in [-0.1, -0.05) is 19.9 Å². The monoisotopic (exact) mass is 279 g/mol. The van der Waals surface area contributed by atoms with Gasteiger partial charge in [0.1, 0.15) is 0 Å². The van der Waals surface area contributed by atoms with E-state index in [-0.39, 0.29) is 12.1 Å². The predicted octanol–water partition coefficient (Wildman–Crippen LogP) is 1.46. The molecule has 1 saturated heterocycles. The molecule has 0 spiro atoms. The summed E-state index contributed by atoms with van der Waals surface area (Å²) in [6, 6.07) is 6.50. The SMILES string of the molecule is COc1cccc(C2C(CNC(C)C)OCCN2C)n1. The fourth-order valence-corrected chi connectivity index (χ4v) is 2.51. The zero-order valence-corrected chi connectivity index (χ0v) is 12.8. The maximum Gasteiger partial charge on any atom is 0.213 e. The molecule has 5 nitrogen and oxygen atoms in total. The summed E-state index contributed by atoms with van der Waals surface area (Å²) in [5.74, 6) is 0.650. The Hall–Kier alpha value is -1.17. The molecule has 2 rings (SSSR count). The molecule has 0 aliphatic carbocycles. The van der Waals surface area contributed by atoms with Crippen molar-refractivity contribution in [3.8, 4) is 5.88 Å². The summed E-state index contributed by atoms with van der Waals surface area (Å²) in [5.41, 5.74) is 1.00. The molecule has 0 aromatic carbocycles. The molecule has 2 heterocycles. The lowest BCUT2D eigenvalue weighted by Crippen LogP contribution is -2.48. The van der Waals surface area contributed by atoms with Gasteiger partial charge in [-0.15, -0.1) is 0 Å².